The van der Waals surface area contributed by atoms with E-state index in [4.69, 9.17) is 9.15 Å². The number of ether oxygens (including phenoxy) is 1. The number of rotatable bonds is 4. The van der Waals surface area contributed by atoms with Crippen LogP contribution in [0.4, 0.5) is 0 Å². The Labute approximate surface area is 163 Å². The molecule has 136 valence electrons. The molecule has 3 nitrogen and oxygen atoms in total. The second-order valence-electron chi connectivity index (χ2n) is 6.70. The normalized spacial score (nSPS) is 11.0. The molecular weight excluding hydrogens is 346 g/mol. The molecule has 5 rings (SSSR count). The number of hydrogen-bond donors (Lipinski definition) is 1. The number of hydrogen-bond acceptors (Lipinski definition) is 2. The molecule has 0 saturated carbocycles. The second-order valence-corrected chi connectivity index (χ2v) is 6.70. The van der Waals surface area contributed by atoms with E-state index in [1.54, 1.807) is 7.11 Å². The molecule has 2 heterocycles. The van der Waals surface area contributed by atoms with E-state index in [1.165, 1.54) is 0 Å². The predicted octanol–water partition coefficient (Wildman–Crippen LogP) is 6.77. The molecule has 28 heavy (non-hydrogen) atoms. The molecular formula is C25H19NO2. The molecule has 5 aromatic rings. The molecule has 3 heteroatoms. The highest BCUT2D eigenvalue weighted by Gasteiger charge is 2.18. The summed E-state index contributed by atoms with van der Waals surface area (Å²) in [5.74, 6) is 2.55. The number of fused-ring (bicyclic) bond motifs is 1. The van der Waals surface area contributed by atoms with E-state index in [2.05, 4.69) is 41.4 Å². The van der Waals surface area contributed by atoms with Crippen LogP contribution < -0.4 is 4.74 Å². The summed E-state index contributed by atoms with van der Waals surface area (Å²) < 4.78 is 11.8. The SMILES string of the molecule is COc1ccc2[nH]cc(-c3cc(-c4ccccc4)oc3-c3ccccc3)c2c1. The van der Waals surface area contributed by atoms with Crippen LogP contribution in [0.15, 0.2) is 95.5 Å². The van der Waals surface area contributed by atoms with Crippen LogP contribution in [0.25, 0.3) is 44.7 Å². The monoisotopic (exact) mass is 365 g/mol. The minimum atomic E-state index is 0.835. The molecule has 0 bridgehead atoms. The average molecular weight is 365 g/mol. The summed E-state index contributed by atoms with van der Waals surface area (Å²) in [5, 5.41) is 1.11. The lowest BCUT2D eigenvalue weighted by Crippen LogP contribution is -1.82. The van der Waals surface area contributed by atoms with Gasteiger partial charge >= 0.3 is 0 Å². The molecule has 0 aliphatic rings. The number of methoxy groups -OCH3 is 1. The zero-order chi connectivity index (χ0) is 18.9. The summed E-state index contributed by atoms with van der Waals surface area (Å²) >= 11 is 0. The van der Waals surface area contributed by atoms with Gasteiger partial charge in [0.25, 0.3) is 0 Å². The zero-order valence-corrected chi connectivity index (χ0v) is 15.5. The van der Waals surface area contributed by atoms with E-state index in [9.17, 15) is 0 Å². The topological polar surface area (TPSA) is 38.2 Å². The summed E-state index contributed by atoms with van der Waals surface area (Å²) in [4.78, 5) is 3.37. The van der Waals surface area contributed by atoms with Crippen molar-refractivity contribution in [2.45, 2.75) is 0 Å². The first kappa shape index (κ1) is 16.5. The average Bonchev–Trinajstić information content (AvgIpc) is 3.38. The molecule has 0 saturated heterocycles. The van der Waals surface area contributed by atoms with Crippen LogP contribution >= 0.6 is 0 Å². The van der Waals surface area contributed by atoms with E-state index in [0.717, 1.165) is 50.4 Å². The molecule has 0 aliphatic carbocycles. The summed E-state index contributed by atoms with van der Waals surface area (Å²) in [7, 11) is 1.69. The van der Waals surface area contributed by atoms with E-state index < -0.39 is 0 Å². The highest BCUT2D eigenvalue weighted by atomic mass is 16.5. The van der Waals surface area contributed by atoms with Crippen molar-refractivity contribution in [3.05, 3.63) is 91.1 Å². The van der Waals surface area contributed by atoms with Crippen LogP contribution in [0.2, 0.25) is 0 Å². The number of H-pyrrole nitrogens is 1. The van der Waals surface area contributed by atoms with Gasteiger partial charge in [0.1, 0.15) is 17.3 Å². The Hall–Kier alpha value is -3.72. The summed E-state index contributed by atoms with van der Waals surface area (Å²) in [6.07, 6.45) is 2.04. The molecule has 0 radical (unpaired) electrons. The lowest BCUT2D eigenvalue weighted by Gasteiger charge is -2.03. The van der Waals surface area contributed by atoms with Crippen LogP contribution in [0, 0.1) is 0 Å². The number of aromatic amines is 1. The number of furan rings is 1. The van der Waals surface area contributed by atoms with Crippen molar-refractivity contribution >= 4 is 10.9 Å². The van der Waals surface area contributed by atoms with Crippen LogP contribution in [0.1, 0.15) is 0 Å². The van der Waals surface area contributed by atoms with Gasteiger partial charge in [0.2, 0.25) is 0 Å². The van der Waals surface area contributed by atoms with Gasteiger partial charge in [-0.25, -0.2) is 0 Å². The van der Waals surface area contributed by atoms with Crippen molar-refractivity contribution in [1.82, 2.24) is 4.98 Å². The molecule has 2 aromatic heterocycles. The van der Waals surface area contributed by atoms with Gasteiger partial charge in [0.05, 0.1) is 7.11 Å². The highest BCUT2D eigenvalue weighted by Crippen LogP contribution is 2.41. The number of benzene rings is 3. The first-order chi connectivity index (χ1) is 13.8. The zero-order valence-electron chi connectivity index (χ0n) is 15.5. The second kappa shape index (κ2) is 6.78. The fourth-order valence-corrected chi connectivity index (χ4v) is 3.59. The molecule has 0 aliphatic heterocycles. The fraction of sp³-hybridized carbons (Fsp3) is 0.0400. The Morgan fingerprint density at radius 1 is 0.750 bits per heavy atom. The first-order valence-electron chi connectivity index (χ1n) is 9.23. The molecule has 0 fully saturated rings. The maximum atomic E-state index is 6.37. The lowest BCUT2D eigenvalue weighted by atomic mass is 10.0. The number of nitrogens with one attached hydrogen (secondary N) is 1. The Bertz CT molecular complexity index is 1230. The molecule has 0 amide bonds. The summed E-state index contributed by atoms with van der Waals surface area (Å²) in [6, 6.07) is 28.6. The lowest BCUT2D eigenvalue weighted by molar-refractivity contribution is 0.415. The van der Waals surface area contributed by atoms with Crippen LogP contribution in [-0.2, 0) is 0 Å². The maximum Gasteiger partial charge on any atom is 0.142 e. The van der Waals surface area contributed by atoms with E-state index >= 15 is 0 Å². The molecule has 0 spiro atoms. The third kappa shape index (κ3) is 2.78. The minimum Gasteiger partial charge on any atom is -0.497 e. The fourth-order valence-electron chi connectivity index (χ4n) is 3.59. The van der Waals surface area contributed by atoms with Gasteiger partial charge in [-0.1, -0.05) is 60.7 Å². The van der Waals surface area contributed by atoms with E-state index in [0.29, 0.717) is 0 Å². The molecule has 0 unspecified atom stereocenters. The van der Waals surface area contributed by atoms with Crippen molar-refractivity contribution in [3.63, 3.8) is 0 Å². The molecule has 1 N–H and O–H groups in total. The third-order valence-electron chi connectivity index (χ3n) is 5.01. The van der Waals surface area contributed by atoms with Gasteiger partial charge in [-0.3, -0.25) is 0 Å². The largest absolute Gasteiger partial charge is 0.497 e. The van der Waals surface area contributed by atoms with Crippen LogP contribution in [0.3, 0.4) is 0 Å². The first-order valence-corrected chi connectivity index (χ1v) is 9.23. The Morgan fingerprint density at radius 3 is 2.18 bits per heavy atom. The van der Waals surface area contributed by atoms with E-state index in [1.807, 2.05) is 54.7 Å². The van der Waals surface area contributed by atoms with Crippen molar-refractivity contribution in [2.75, 3.05) is 7.11 Å². The summed E-state index contributed by atoms with van der Waals surface area (Å²) in [6.45, 7) is 0. The molecule has 3 aromatic carbocycles. The van der Waals surface area contributed by atoms with E-state index in [-0.39, 0.29) is 0 Å². The van der Waals surface area contributed by atoms with Crippen molar-refractivity contribution < 1.29 is 9.15 Å². The van der Waals surface area contributed by atoms with Gasteiger partial charge in [0.15, 0.2) is 0 Å². The van der Waals surface area contributed by atoms with Crippen molar-refractivity contribution in [1.29, 1.82) is 0 Å². The minimum absolute atomic E-state index is 0.835. The Morgan fingerprint density at radius 2 is 1.46 bits per heavy atom. The highest BCUT2D eigenvalue weighted by molar-refractivity contribution is 6.00. The van der Waals surface area contributed by atoms with Gasteiger partial charge in [-0.15, -0.1) is 0 Å². The van der Waals surface area contributed by atoms with Crippen LogP contribution in [0.5, 0.6) is 5.75 Å². The van der Waals surface area contributed by atoms with Crippen molar-refractivity contribution in [3.8, 4) is 39.5 Å². The summed E-state index contributed by atoms with van der Waals surface area (Å²) in [5.41, 5.74) is 5.33. The predicted molar refractivity (Wildman–Crippen MR) is 113 cm³/mol. The van der Waals surface area contributed by atoms with Crippen molar-refractivity contribution in [2.24, 2.45) is 0 Å². The maximum absolute atomic E-state index is 6.37. The molecule has 0 atom stereocenters. The quantitative estimate of drug-likeness (QED) is 0.381. The third-order valence-corrected chi connectivity index (χ3v) is 5.01. The number of aromatic nitrogens is 1. The van der Waals surface area contributed by atoms with Gasteiger partial charge in [-0.2, -0.15) is 0 Å². The van der Waals surface area contributed by atoms with Crippen LogP contribution in [-0.4, -0.2) is 12.1 Å². The standard InChI is InChI=1S/C25H19NO2/c1-27-19-12-13-23-20(14-19)22(16-26-23)21-15-24(17-8-4-2-5-9-17)28-25(21)18-10-6-3-7-11-18/h2-16,26H,1H3. The van der Waals surface area contributed by atoms with Gasteiger partial charge in [0, 0.05) is 39.4 Å². The van der Waals surface area contributed by atoms with Gasteiger partial charge < -0.3 is 14.1 Å². The Balaban J connectivity index is 1.76. The Kier molecular flexibility index (Phi) is 3.99. The smallest absolute Gasteiger partial charge is 0.142 e. The van der Waals surface area contributed by atoms with Gasteiger partial charge in [-0.05, 0) is 24.3 Å².